The molecule has 17 aromatic carbocycles. The highest BCUT2D eigenvalue weighted by molar-refractivity contribution is 7.00. The molecule has 1 aliphatic carbocycles. The fraction of sp³-hybridized carbons (Fsp3) is 0.0189. The Morgan fingerprint density at radius 1 is 0.252 bits per heavy atom. The SMILES string of the molecule is C1=C/C(c2cc3c4c(c2)N(c2c(-c5ccccc5)cccc2-c2ccccc2)c2cc(-c5ccc6c(c5)c5ccccc5n6-c5ccccc5)ccc2B4c2ccc(-c4ccc5c(c4)c4ccccc4n5-c4ccccc4)cc2N3c2c(-c3ccccc3)cccc2-c2ccccc2)Cc2ccccc2-c2ccccc2/1. The molecule has 5 heteroatoms. The van der Waals surface area contributed by atoms with E-state index in [9.17, 15) is 0 Å². The summed E-state index contributed by atoms with van der Waals surface area (Å²) in [7, 11) is 0. The van der Waals surface area contributed by atoms with Crippen LogP contribution in [0.2, 0.25) is 0 Å². The Bertz CT molecular complexity index is 6450. The van der Waals surface area contributed by atoms with Gasteiger partial charge in [0.1, 0.15) is 0 Å². The first-order chi connectivity index (χ1) is 55.1. The Morgan fingerprint density at radius 2 is 0.613 bits per heavy atom. The molecule has 0 saturated carbocycles. The minimum atomic E-state index is -0.254. The van der Waals surface area contributed by atoms with Gasteiger partial charge < -0.3 is 18.9 Å². The molecule has 22 rings (SSSR count). The molecule has 0 bridgehead atoms. The van der Waals surface area contributed by atoms with Gasteiger partial charge in [0.25, 0.3) is 6.71 Å². The quantitative estimate of drug-likeness (QED) is 0.120. The van der Waals surface area contributed by atoms with Crippen LogP contribution in [0.3, 0.4) is 0 Å². The number of para-hydroxylation sites is 6. The van der Waals surface area contributed by atoms with Gasteiger partial charge in [-0.05, 0) is 180 Å². The van der Waals surface area contributed by atoms with E-state index in [-0.39, 0.29) is 12.6 Å². The Labute approximate surface area is 646 Å². The van der Waals surface area contributed by atoms with Crippen LogP contribution in [-0.4, -0.2) is 15.8 Å². The number of hydrogen-bond acceptors (Lipinski definition) is 2. The first kappa shape index (κ1) is 64.0. The van der Waals surface area contributed by atoms with Gasteiger partial charge in [-0.15, -0.1) is 0 Å². The van der Waals surface area contributed by atoms with Crippen LogP contribution in [0.15, 0.2) is 406 Å². The van der Waals surface area contributed by atoms with Gasteiger partial charge in [0.2, 0.25) is 0 Å². The van der Waals surface area contributed by atoms with Crippen LogP contribution >= 0.6 is 0 Å². The number of aromatic nitrogens is 2. The zero-order valence-corrected chi connectivity index (χ0v) is 60.9. The topological polar surface area (TPSA) is 16.3 Å². The Balaban J connectivity index is 0.874. The van der Waals surface area contributed by atoms with E-state index < -0.39 is 0 Å². The highest BCUT2D eigenvalue weighted by atomic mass is 15.2. The van der Waals surface area contributed by atoms with Crippen molar-refractivity contribution >= 4 is 107 Å². The second-order valence-electron chi connectivity index (χ2n) is 29.7. The lowest BCUT2D eigenvalue weighted by Crippen LogP contribution is -2.61. The van der Waals surface area contributed by atoms with E-state index in [4.69, 9.17) is 0 Å². The van der Waals surface area contributed by atoms with Crippen LogP contribution in [0.5, 0.6) is 0 Å². The molecular formula is C106H71BN4. The van der Waals surface area contributed by atoms with Gasteiger partial charge in [0.05, 0.1) is 33.4 Å². The lowest BCUT2D eigenvalue weighted by Gasteiger charge is -2.46. The maximum Gasteiger partial charge on any atom is 0.252 e. The minimum absolute atomic E-state index is 0.0749. The lowest BCUT2D eigenvalue weighted by molar-refractivity contribution is 0.839. The Morgan fingerprint density at radius 3 is 1.07 bits per heavy atom. The minimum Gasteiger partial charge on any atom is -0.310 e. The molecule has 4 nitrogen and oxygen atoms in total. The number of nitrogens with zero attached hydrogens (tertiary/aromatic N) is 4. The average Bonchev–Trinajstić information content (AvgIpc) is 1.00. The molecule has 2 aliphatic heterocycles. The van der Waals surface area contributed by atoms with Crippen LogP contribution in [0.4, 0.5) is 34.1 Å². The predicted molar refractivity (Wildman–Crippen MR) is 469 cm³/mol. The predicted octanol–water partition coefficient (Wildman–Crippen LogP) is 26.0. The molecule has 19 aromatic rings. The maximum absolute atomic E-state index is 2.72. The molecule has 0 amide bonds. The van der Waals surface area contributed by atoms with Crippen molar-refractivity contribution < 1.29 is 0 Å². The molecule has 4 heterocycles. The molecule has 0 fully saturated rings. The Hall–Kier alpha value is -14.3. The van der Waals surface area contributed by atoms with Crippen molar-refractivity contribution in [2.75, 3.05) is 9.80 Å². The third-order valence-corrected chi connectivity index (χ3v) is 23.6. The molecule has 2 aromatic heterocycles. The first-order valence-electron chi connectivity index (χ1n) is 38.7. The summed E-state index contributed by atoms with van der Waals surface area (Å²) in [6.07, 6.45) is 5.69. The van der Waals surface area contributed by atoms with E-state index in [2.05, 4.69) is 431 Å². The molecule has 1 atom stereocenters. The summed E-state index contributed by atoms with van der Waals surface area (Å²) in [6.45, 7) is -0.254. The van der Waals surface area contributed by atoms with Gasteiger partial charge in [-0.1, -0.05) is 328 Å². The second kappa shape index (κ2) is 26.3. The number of benzene rings is 17. The highest BCUT2D eigenvalue weighted by Crippen LogP contribution is 2.55. The molecule has 0 N–H and O–H groups in total. The van der Waals surface area contributed by atoms with Gasteiger partial charge in [0, 0.05) is 83.8 Å². The molecule has 0 saturated heterocycles. The van der Waals surface area contributed by atoms with Crippen LogP contribution in [0.25, 0.3) is 139 Å². The van der Waals surface area contributed by atoms with Crippen molar-refractivity contribution in [3.05, 3.63) is 423 Å². The van der Waals surface area contributed by atoms with E-state index in [1.54, 1.807) is 0 Å². The summed E-state index contributed by atoms with van der Waals surface area (Å²) >= 11 is 0. The summed E-state index contributed by atoms with van der Waals surface area (Å²) < 4.78 is 4.84. The average molecular weight is 1410 g/mol. The van der Waals surface area contributed by atoms with Gasteiger partial charge in [-0.25, -0.2) is 0 Å². The zero-order valence-electron chi connectivity index (χ0n) is 60.9. The molecule has 518 valence electrons. The van der Waals surface area contributed by atoms with Crippen molar-refractivity contribution in [1.29, 1.82) is 0 Å². The maximum atomic E-state index is 2.72. The van der Waals surface area contributed by atoms with Gasteiger partial charge in [-0.2, -0.15) is 0 Å². The van der Waals surface area contributed by atoms with E-state index in [1.807, 2.05) is 0 Å². The molecule has 111 heavy (non-hydrogen) atoms. The van der Waals surface area contributed by atoms with Crippen molar-refractivity contribution in [3.8, 4) is 89.3 Å². The number of hydrogen-bond donors (Lipinski definition) is 0. The fourth-order valence-electron chi connectivity index (χ4n) is 18.7. The van der Waals surface area contributed by atoms with Gasteiger partial charge >= 0.3 is 0 Å². The van der Waals surface area contributed by atoms with Gasteiger partial charge in [0.15, 0.2) is 0 Å². The smallest absolute Gasteiger partial charge is 0.252 e. The molecule has 0 radical (unpaired) electrons. The van der Waals surface area contributed by atoms with Crippen LogP contribution in [0.1, 0.15) is 22.6 Å². The van der Waals surface area contributed by atoms with Crippen molar-refractivity contribution in [2.24, 2.45) is 0 Å². The van der Waals surface area contributed by atoms with Crippen molar-refractivity contribution in [1.82, 2.24) is 9.13 Å². The van der Waals surface area contributed by atoms with E-state index in [0.717, 1.165) is 119 Å². The van der Waals surface area contributed by atoms with E-state index >= 15 is 0 Å². The van der Waals surface area contributed by atoms with Gasteiger partial charge in [-0.3, -0.25) is 0 Å². The van der Waals surface area contributed by atoms with E-state index in [1.165, 1.54) is 87.8 Å². The first-order valence-corrected chi connectivity index (χ1v) is 38.7. The number of allylic oxidation sites excluding steroid dienone is 1. The largest absolute Gasteiger partial charge is 0.310 e. The van der Waals surface area contributed by atoms with E-state index in [0.29, 0.717) is 0 Å². The van der Waals surface area contributed by atoms with Crippen LogP contribution < -0.4 is 26.2 Å². The molecular weight excluding hydrogens is 1340 g/mol. The summed E-state index contributed by atoms with van der Waals surface area (Å²) in [6, 6.07) is 150. The number of anilines is 6. The van der Waals surface area contributed by atoms with Crippen LogP contribution in [0, 0.1) is 0 Å². The van der Waals surface area contributed by atoms with Crippen LogP contribution in [-0.2, 0) is 6.42 Å². The molecule has 0 spiro atoms. The summed E-state index contributed by atoms with van der Waals surface area (Å²) in [5.41, 5.74) is 37.4. The van der Waals surface area contributed by atoms with Crippen molar-refractivity contribution in [2.45, 2.75) is 12.3 Å². The summed E-state index contributed by atoms with van der Waals surface area (Å²) in [5.74, 6) is -0.0749. The third kappa shape index (κ3) is 10.5. The fourth-order valence-corrected chi connectivity index (χ4v) is 18.7. The third-order valence-electron chi connectivity index (χ3n) is 23.6. The molecule has 1 unspecified atom stereocenters. The standard InChI is InChI=1S/C106H71BN4/c1-7-29-70(30-8-1)86-47-27-48-87(71-31-9-2-10-32-71)105(86)110-100-66-78(76-57-61-98-92(64-76)90-45-23-25-51-96(90)108(98)82-39-15-5-16-40-82)55-59-94(100)107-95-60-56-79(77-58-62-99-93(65-77)91-46-24-26-52-97(91)109(99)83-41-17-6-18-42-83)67-101(95)111(106-88(72-33-11-3-12-34-72)49-28-50-89(106)73-35-13-4-14-36-73)103-69-81(68-102(110)104(103)107)75-54-53-74-37-19-21-43-84(74)85-44-22-20-38-80(85)63-75/h1-62,64-69,75H,63H2/b54-53+. The number of rotatable bonds is 11. The summed E-state index contributed by atoms with van der Waals surface area (Å²) in [5, 5.41) is 4.86. The number of fused-ring (bicyclic) bond motifs is 13. The monoisotopic (exact) mass is 1410 g/mol. The zero-order chi connectivity index (χ0) is 73.0. The lowest BCUT2D eigenvalue weighted by atomic mass is 9.33. The second-order valence-corrected chi connectivity index (χ2v) is 29.7. The normalized spacial score (nSPS) is 13.7. The summed E-state index contributed by atoms with van der Waals surface area (Å²) in [4.78, 5) is 5.44. The highest BCUT2D eigenvalue weighted by Gasteiger charge is 2.46. The van der Waals surface area contributed by atoms with Crippen molar-refractivity contribution in [3.63, 3.8) is 0 Å². The Kier molecular flexibility index (Phi) is 15.2. The molecule has 3 aliphatic rings.